The predicted molar refractivity (Wildman–Crippen MR) is 144 cm³/mol. The van der Waals surface area contributed by atoms with Crippen LogP contribution in [0.15, 0.2) is 65.4 Å². The van der Waals surface area contributed by atoms with Crippen LogP contribution in [0.5, 0.6) is 0 Å². The van der Waals surface area contributed by atoms with Crippen LogP contribution in [0.4, 0.5) is 16.2 Å². The number of aromatic nitrogens is 1. The van der Waals surface area contributed by atoms with Crippen molar-refractivity contribution < 1.29 is 19.2 Å². The van der Waals surface area contributed by atoms with E-state index in [-0.39, 0.29) is 23.2 Å². The lowest BCUT2D eigenvalue weighted by Crippen LogP contribution is -2.33. The number of anilines is 2. The van der Waals surface area contributed by atoms with E-state index in [0.29, 0.717) is 17.1 Å². The Morgan fingerprint density at radius 3 is 2.51 bits per heavy atom. The van der Waals surface area contributed by atoms with Gasteiger partial charge in [-0.3, -0.25) is 5.32 Å². The Bertz CT molecular complexity index is 1290. The second kappa shape index (κ2) is 9.96. The number of piperidine rings is 1. The molecule has 2 aromatic carbocycles. The minimum absolute atomic E-state index is 0.159. The van der Waals surface area contributed by atoms with E-state index in [1.54, 1.807) is 0 Å². The molecule has 0 spiro atoms. The van der Waals surface area contributed by atoms with Crippen LogP contribution in [0.3, 0.4) is 0 Å². The van der Waals surface area contributed by atoms with Gasteiger partial charge in [-0.15, -0.1) is 0 Å². The van der Waals surface area contributed by atoms with Gasteiger partial charge < -0.3 is 19.3 Å². The van der Waals surface area contributed by atoms with E-state index in [1.807, 2.05) is 44.2 Å². The quantitative estimate of drug-likeness (QED) is 0.336. The number of amides is 1. The van der Waals surface area contributed by atoms with E-state index >= 15 is 0 Å². The molecule has 0 bridgehead atoms. The van der Waals surface area contributed by atoms with Crippen molar-refractivity contribution in [3.8, 4) is 0 Å². The molecule has 5 rings (SSSR count). The third kappa shape index (κ3) is 4.95. The molecular formula is C30H35N3O4. The largest absolute Gasteiger partial charge is 0.512 e. The Labute approximate surface area is 218 Å². The Kier molecular flexibility index (Phi) is 6.71. The Morgan fingerprint density at radius 1 is 1.19 bits per heavy atom. The first-order chi connectivity index (χ1) is 17.8. The summed E-state index contributed by atoms with van der Waals surface area (Å²) in [7, 11) is 0. The van der Waals surface area contributed by atoms with Crippen LogP contribution in [-0.2, 0) is 10.2 Å². The molecule has 1 amide bonds. The fraction of sp³-hybridized carbons (Fsp3) is 0.400. The van der Waals surface area contributed by atoms with Gasteiger partial charge in [0.2, 0.25) is 0 Å². The standard InChI is InChI=1S/C30H35N3O4/c1-19-18-25(30(14-15-30)22(4)34)10-11-26(19)33-16-12-24(13-17-33)28-27(20(2)32-37-28)31-29(35)36-21(3)23-8-6-5-7-9-23/h5-11,18,21,24,34H,4,12-17H2,1-3H3,(H,31,35)/t21-/m1/s1. The number of benzene rings is 2. The fourth-order valence-electron chi connectivity index (χ4n) is 5.46. The monoisotopic (exact) mass is 501 g/mol. The number of aryl methyl sites for hydroxylation is 2. The first-order valence-corrected chi connectivity index (χ1v) is 13.0. The molecule has 194 valence electrons. The maximum Gasteiger partial charge on any atom is 0.412 e. The summed E-state index contributed by atoms with van der Waals surface area (Å²) in [6.07, 6.45) is 2.80. The number of aliphatic hydroxyl groups is 1. The number of nitrogens with one attached hydrogen (secondary N) is 1. The zero-order valence-corrected chi connectivity index (χ0v) is 21.8. The number of hydrogen-bond donors (Lipinski definition) is 2. The van der Waals surface area contributed by atoms with Crippen LogP contribution in [0.25, 0.3) is 0 Å². The molecule has 2 heterocycles. The van der Waals surface area contributed by atoms with Gasteiger partial charge in [-0.2, -0.15) is 0 Å². The second-order valence-electron chi connectivity index (χ2n) is 10.4. The number of rotatable bonds is 7. The first kappa shape index (κ1) is 24.9. The van der Waals surface area contributed by atoms with Gasteiger partial charge in [0.05, 0.1) is 11.2 Å². The molecule has 2 N–H and O–H groups in total. The third-order valence-electron chi connectivity index (χ3n) is 7.93. The number of carbonyl (C=O) groups is 1. The first-order valence-electron chi connectivity index (χ1n) is 13.0. The van der Waals surface area contributed by atoms with Crippen LogP contribution in [0.2, 0.25) is 0 Å². The molecule has 1 atom stereocenters. The third-order valence-corrected chi connectivity index (χ3v) is 7.93. The molecule has 1 aromatic heterocycles. The summed E-state index contributed by atoms with van der Waals surface area (Å²) in [5.74, 6) is 1.14. The minimum Gasteiger partial charge on any atom is -0.512 e. The zero-order valence-electron chi connectivity index (χ0n) is 21.8. The zero-order chi connectivity index (χ0) is 26.2. The lowest BCUT2D eigenvalue weighted by Gasteiger charge is -2.34. The summed E-state index contributed by atoms with van der Waals surface area (Å²) in [5.41, 5.74) is 5.52. The number of hydrogen-bond acceptors (Lipinski definition) is 6. The van der Waals surface area contributed by atoms with E-state index < -0.39 is 6.09 Å². The minimum atomic E-state index is -0.518. The van der Waals surface area contributed by atoms with Gasteiger partial charge in [-0.25, -0.2) is 4.79 Å². The summed E-state index contributed by atoms with van der Waals surface area (Å²) in [6, 6.07) is 16.1. The SMILES string of the molecule is C=C(O)C1(c2ccc(N3CCC(c4onc(C)c4NC(=O)O[C@H](C)c4ccccc4)CC3)c(C)c2)CC1. The molecule has 2 fully saturated rings. The molecule has 3 aromatic rings. The van der Waals surface area contributed by atoms with Gasteiger partial charge in [0.1, 0.15) is 17.5 Å². The predicted octanol–water partition coefficient (Wildman–Crippen LogP) is 7.09. The van der Waals surface area contributed by atoms with Gasteiger partial charge in [0.25, 0.3) is 0 Å². The number of allylic oxidation sites excluding steroid dienone is 1. The highest BCUT2D eigenvalue weighted by Gasteiger charge is 2.47. The van der Waals surface area contributed by atoms with Crippen molar-refractivity contribution in [2.75, 3.05) is 23.3 Å². The van der Waals surface area contributed by atoms with Crippen LogP contribution in [0, 0.1) is 13.8 Å². The van der Waals surface area contributed by atoms with E-state index in [1.165, 1.54) is 11.3 Å². The summed E-state index contributed by atoms with van der Waals surface area (Å²) < 4.78 is 11.3. The summed E-state index contributed by atoms with van der Waals surface area (Å²) in [6.45, 7) is 11.4. The van der Waals surface area contributed by atoms with Crippen LogP contribution < -0.4 is 10.2 Å². The molecule has 2 aliphatic rings. The van der Waals surface area contributed by atoms with Crippen LogP contribution >= 0.6 is 0 Å². The Hall–Kier alpha value is -3.74. The second-order valence-corrected chi connectivity index (χ2v) is 10.4. The molecule has 1 saturated heterocycles. The lowest BCUT2D eigenvalue weighted by atomic mass is 9.90. The molecule has 7 nitrogen and oxygen atoms in total. The number of ether oxygens (including phenoxy) is 1. The normalized spacial score (nSPS) is 17.8. The summed E-state index contributed by atoms with van der Waals surface area (Å²) in [4.78, 5) is 15.1. The highest BCUT2D eigenvalue weighted by atomic mass is 16.6. The molecule has 1 aliphatic heterocycles. The van der Waals surface area contributed by atoms with Gasteiger partial charge >= 0.3 is 6.09 Å². The maximum absolute atomic E-state index is 12.7. The van der Waals surface area contributed by atoms with Crippen LogP contribution in [0.1, 0.15) is 72.8 Å². The van der Waals surface area contributed by atoms with E-state index in [4.69, 9.17) is 9.26 Å². The summed E-state index contributed by atoms with van der Waals surface area (Å²) >= 11 is 0. The van der Waals surface area contributed by atoms with Crippen molar-refractivity contribution in [2.24, 2.45) is 0 Å². The van der Waals surface area contributed by atoms with Crippen molar-refractivity contribution in [3.05, 3.63) is 89.0 Å². The average Bonchev–Trinajstić information content (AvgIpc) is 3.64. The summed E-state index contributed by atoms with van der Waals surface area (Å²) in [5, 5.41) is 17.1. The van der Waals surface area contributed by atoms with Crippen molar-refractivity contribution >= 4 is 17.5 Å². The molecule has 0 unspecified atom stereocenters. The molecule has 7 heteroatoms. The molecule has 37 heavy (non-hydrogen) atoms. The van der Waals surface area contributed by atoms with E-state index in [2.05, 4.69) is 47.1 Å². The van der Waals surface area contributed by atoms with E-state index in [9.17, 15) is 9.90 Å². The van der Waals surface area contributed by atoms with Gasteiger partial charge in [-0.1, -0.05) is 54.2 Å². The highest BCUT2D eigenvalue weighted by Crippen LogP contribution is 2.53. The van der Waals surface area contributed by atoms with E-state index in [0.717, 1.165) is 49.9 Å². The number of aliphatic hydroxyl groups excluding tert-OH is 1. The maximum atomic E-state index is 12.7. The lowest BCUT2D eigenvalue weighted by molar-refractivity contribution is 0.121. The molecule has 1 aliphatic carbocycles. The van der Waals surface area contributed by atoms with Crippen molar-refractivity contribution in [3.63, 3.8) is 0 Å². The Balaban J connectivity index is 1.22. The van der Waals surface area contributed by atoms with Crippen molar-refractivity contribution in [1.82, 2.24) is 5.16 Å². The topological polar surface area (TPSA) is 87.8 Å². The van der Waals surface area contributed by atoms with Crippen molar-refractivity contribution in [2.45, 2.75) is 63.9 Å². The van der Waals surface area contributed by atoms with Crippen LogP contribution in [-0.4, -0.2) is 29.4 Å². The fourth-order valence-corrected chi connectivity index (χ4v) is 5.46. The van der Waals surface area contributed by atoms with Crippen molar-refractivity contribution in [1.29, 1.82) is 0 Å². The van der Waals surface area contributed by atoms with Gasteiger partial charge in [0.15, 0.2) is 5.76 Å². The van der Waals surface area contributed by atoms with Gasteiger partial charge in [0, 0.05) is 24.7 Å². The highest BCUT2D eigenvalue weighted by molar-refractivity contribution is 5.86. The average molecular weight is 502 g/mol. The smallest absolute Gasteiger partial charge is 0.412 e. The number of carbonyl (C=O) groups excluding carboxylic acids is 1. The molecule has 1 saturated carbocycles. The number of nitrogens with zero attached hydrogens (tertiary/aromatic N) is 2. The molecular weight excluding hydrogens is 466 g/mol. The van der Waals surface area contributed by atoms with Gasteiger partial charge in [-0.05, 0) is 69.2 Å². The Morgan fingerprint density at radius 2 is 1.89 bits per heavy atom. The molecule has 0 radical (unpaired) electrons.